The number of nitrogens with zero attached hydrogens (tertiary/aromatic N) is 4. The summed E-state index contributed by atoms with van der Waals surface area (Å²) in [6.45, 7) is -0.264. The Bertz CT molecular complexity index is 1440. The molecular formula is C27H24N4O5. The van der Waals surface area contributed by atoms with E-state index in [0.29, 0.717) is 17.9 Å². The van der Waals surface area contributed by atoms with Crippen molar-refractivity contribution in [3.05, 3.63) is 101 Å². The number of methoxy groups -OCH3 is 2. The molecule has 0 bridgehead atoms. The quantitative estimate of drug-likeness (QED) is 0.395. The normalized spacial score (nSPS) is 15.0. The van der Waals surface area contributed by atoms with Crippen molar-refractivity contribution in [1.29, 1.82) is 0 Å². The van der Waals surface area contributed by atoms with E-state index in [1.165, 1.54) is 17.3 Å². The van der Waals surface area contributed by atoms with Gasteiger partial charge in [-0.05, 0) is 65.7 Å². The molecule has 4 aromatic rings. The van der Waals surface area contributed by atoms with Gasteiger partial charge < -0.3 is 13.9 Å². The Morgan fingerprint density at radius 2 is 1.67 bits per heavy atom. The summed E-state index contributed by atoms with van der Waals surface area (Å²) in [5, 5.41) is 10.4. The van der Waals surface area contributed by atoms with Crippen LogP contribution in [0.1, 0.15) is 23.6 Å². The average Bonchev–Trinajstić information content (AvgIpc) is 3.61. The van der Waals surface area contributed by atoms with E-state index >= 15 is 0 Å². The van der Waals surface area contributed by atoms with Crippen LogP contribution in [-0.4, -0.2) is 40.6 Å². The molecule has 0 spiro atoms. The number of carbonyl (C=O) groups excluding carboxylic acids is 1. The van der Waals surface area contributed by atoms with E-state index in [2.05, 4.69) is 10.2 Å². The molecule has 1 atom stereocenters. The van der Waals surface area contributed by atoms with Crippen molar-refractivity contribution in [1.82, 2.24) is 14.8 Å². The van der Waals surface area contributed by atoms with Crippen molar-refractivity contribution in [2.75, 3.05) is 14.2 Å². The van der Waals surface area contributed by atoms with E-state index in [4.69, 9.17) is 13.9 Å². The number of hydrogen-bond acceptors (Lipinski definition) is 7. The number of amides is 1. The van der Waals surface area contributed by atoms with Crippen LogP contribution < -0.4 is 15.0 Å². The van der Waals surface area contributed by atoms with Crippen LogP contribution in [0.25, 0.3) is 11.5 Å². The number of rotatable bonds is 7. The van der Waals surface area contributed by atoms with Crippen LogP contribution in [0.5, 0.6) is 11.5 Å². The van der Waals surface area contributed by atoms with Gasteiger partial charge in [-0.3, -0.25) is 9.59 Å². The zero-order valence-corrected chi connectivity index (χ0v) is 19.8. The Hall–Kier alpha value is -4.66. The summed E-state index contributed by atoms with van der Waals surface area (Å²) < 4.78 is 17.0. The minimum absolute atomic E-state index is 0.264. The van der Waals surface area contributed by atoms with Gasteiger partial charge in [0.2, 0.25) is 0 Å². The molecule has 2 aromatic heterocycles. The number of ether oxygens (including phenoxy) is 2. The number of carbonyl (C=O) groups is 1. The van der Waals surface area contributed by atoms with Crippen molar-refractivity contribution >= 4 is 11.6 Å². The molecule has 182 valence electrons. The monoisotopic (exact) mass is 484 g/mol. The third kappa shape index (κ3) is 4.63. The summed E-state index contributed by atoms with van der Waals surface area (Å²) in [5.41, 5.74) is 2.62. The lowest BCUT2D eigenvalue weighted by Gasteiger charge is -2.22. The van der Waals surface area contributed by atoms with Gasteiger partial charge in [-0.1, -0.05) is 12.1 Å². The number of hydrazone groups is 1. The standard InChI is InChI=1S/C27H24N4O5/c1-34-20-9-5-18(6-10-20)23-16-24(19-7-11-21(35-2)12-8-19)31(29-23)27(33)17-30-26(32)14-13-22(28-30)25-4-3-15-36-25/h3-15,24H,16-17H2,1-2H3. The molecule has 1 aliphatic rings. The van der Waals surface area contributed by atoms with Crippen LogP contribution in [0.2, 0.25) is 0 Å². The average molecular weight is 485 g/mol. The summed E-state index contributed by atoms with van der Waals surface area (Å²) in [6, 6.07) is 21.1. The second-order valence-corrected chi connectivity index (χ2v) is 8.20. The number of furan rings is 1. The van der Waals surface area contributed by atoms with Crippen molar-refractivity contribution in [2.24, 2.45) is 5.10 Å². The molecule has 3 heterocycles. The topological polar surface area (TPSA) is 99.2 Å². The van der Waals surface area contributed by atoms with E-state index in [9.17, 15) is 9.59 Å². The first kappa shape index (κ1) is 23.1. The molecule has 0 aliphatic carbocycles. The van der Waals surface area contributed by atoms with E-state index in [-0.39, 0.29) is 18.5 Å². The van der Waals surface area contributed by atoms with Crippen LogP contribution in [0.4, 0.5) is 0 Å². The molecule has 1 aliphatic heterocycles. The number of aromatic nitrogens is 2. The lowest BCUT2D eigenvalue weighted by Crippen LogP contribution is -2.34. The van der Waals surface area contributed by atoms with Gasteiger partial charge in [-0.2, -0.15) is 10.2 Å². The Labute approximate surface area is 207 Å². The maximum Gasteiger partial charge on any atom is 0.267 e. The first-order valence-corrected chi connectivity index (χ1v) is 11.4. The zero-order valence-electron chi connectivity index (χ0n) is 19.8. The smallest absolute Gasteiger partial charge is 0.267 e. The number of benzene rings is 2. The van der Waals surface area contributed by atoms with Crippen molar-refractivity contribution in [2.45, 2.75) is 19.0 Å². The van der Waals surface area contributed by atoms with Gasteiger partial charge in [0.25, 0.3) is 11.5 Å². The third-order valence-electron chi connectivity index (χ3n) is 6.01. The lowest BCUT2D eigenvalue weighted by molar-refractivity contribution is -0.133. The Morgan fingerprint density at radius 1 is 0.972 bits per heavy atom. The van der Waals surface area contributed by atoms with E-state index in [0.717, 1.165) is 33.0 Å². The fraction of sp³-hybridized carbons (Fsp3) is 0.185. The fourth-order valence-electron chi connectivity index (χ4n) is 4.10. The summed E-state index contributed by atoms with van der Waals surface area (Å²) in [7, 11) is 3.21. The molecule has 0 radical (unpaired) electrons. The van der Waals surface area contributed by atoms with Crippen LogP contribution >= 0.6 is 0 Å². The minimum Gasteiger partial charge on any atom is -0.497 e. The van der Waals surface area contributed by atoms with E-state index < -0.39 is 5.56 Å². The van der Waals surface area contributed by atoms with Crippen molar-refractivity contribution in [3.63, 3.8) is 0 Å². The van der Waals surface area contributed by atoms with Crippen LogP contribution in [-0.2, 0) is 11.3 Å². The van der Waals surface area contributed by atoms with Gasteiger partial charge in [0.05, 0.1) is 32.2 Å². The molecule has 1 unspecified atom stereocenters. The molecule has 5 rings (SSSR count). The summed E-state index contributed by atoms with van der Waals surface area (Å²) in [4.78, 5) is 26.0. The largest absolute Gasteiger partial charge is 0.497 e. The van der Waals surface area contributed by atoms with Crippen molar-refractivity contribution < 1.29 is 18.7 Å². The Morgan fingerprint density at radius 3 is 2.31 bits per heavy atom. The predicted molar refractivity (Wildman–Crippen MR) is 133 cm³/mol. The van der Waals surface area contributed by atoms with Gasteiger partial charge in [-0.25, -0.2) is 9.69 Å². The second kappa shape index (κ2) is 9.91. The Kier molecular flexibility index (Phi) is 6.36. The molecule has 0 fully saturated rings. The maximum atomic E-state index is 13.5. The zero-order chi connectivity index (χ0) is 25.1. The highest BCUT2D eigenvalue weighted by Crippen LogP contribution is 2.34. The van der Waals surface area contributed by atoms with Crippen LogP contribution in [0, 0.1) is 0 Å². The molecule has 0 saturated heterocycles. The predicted octanol–water partition coefficient (Wildman–Crippen LogP) is 3.90. The molecule has 36 heavy (non-hydrogen) atoms. The SMILES string of the molecule is COc1ccc(C2=NN(C(=O)Cn3nc(-c4ccco4)ccc3=O)C(c3ccc(OC)cc3)C2)cc1. The highest BCUT2D eigenvalue weighted by atomic mass is 16.5. The first-order chi connectivity index (χ1) is 17.6. The van der Waals surface area contributed by atoms with Gasteiger partial charge >= 0.3 is 0 Å². The molecule has 0 saturated carbocycles. The minimum atomic E-state index is -0.391. The lowest BCUT2D eigenvalue weighted by atomic mass is 9.98. The second-order valence-electron chi connectivity index (χ2n) is 8.20. The van der Waals surface area contributed by atoms with Crippen molar-refractivity contribution in [3.8, 4) is 23.0 Å². The van der Waals surface area contributed by atoms with Gasteiger partial charge in [-0.15, -0.1) is 0 Å². The molecular weight excluding hydrogens is 460 g/mol. The summed E-state index contributed by atoms with van der Waals surface area (Å²) >= 11 is 0. The van der Waals surface area contributed by atoms with Gasteiger partial charge in [0.1, 0.15) is 23.7 Å². The van der Waals surface area contributed by atoms with Gasteiger partial charge in [0, 0.05) is 12.5 Å². The van der Waals surface area contributed by atoms with Gasteiger partial charge in [0.15, 0.2) is 5.76 Å². The molecule has 0 N–H and O–H groups in total. The number of hydrogen-bond donors (Lipinski definition) is 0. The Balaban J connectivity index is 1.46. The molecule has 1 amide bonds. The van der Waals surface area contributed by atoms with Crippen LogP contribution in [0.15, 0.2) is 93.4 Å². The highest BCUT2D eigenvalue weighted by Gasteiger charge is 2.33. The molecule has 2 aromatic carbocycles. The fourth-order valence-corrected chi connectivity index (χ4v) is 4.10. The summed E-state index contributed by atoms with van der Waals surface area (Å²) in [5.74, 6) is 1.61. The third-order valence-corrected chi connectivity index (χ3v) is 6.01. The first-order valence-electron chi connectivity index (χ1n) is 11.4. The van der Waals surface area contributed by atoms with E-state index in [1.54, 1.807) is 32.4 Å². The maximum absolute atomic E-state index is 13.5. The molecule has 9 nitrogen and oxygen atoms in total. The highest BCUT2D eigenvalue weighted by molar-refractivity contribution is 6.03. The summed E-state index contributed by atoms with van der Waals surface area (Å²) in [6.07, 6.45) is 2.04. The molecule has 9 heteroatoms. The van der Waals surface area contributed by atoms with E-state index in [1.807, 2.05) is 48.5 Å². The van der Waals surface area contributed by atoms with Crippen LogP contribution in [0.3, 0.4) is 0 Å².